The Balaban J connectivity index is 1.88. The molecule has 2 N–H and O–H groups in total. The van der Waals surface area contributed by atoms with E-state index in [1.165, 1.54) is 0 Å². The fourth-order valence-electron chi connectivity index (χ4n) is 3.63. The predicted octanol–water partition coefficient (Wildman–Crippen LogP) is 3.48. The third-order valence-electron chi connectivity index (χ3n) is 5.26. The molecule has 0 bridgehead atoms. The number of rotatable bonds is 8. The van der Waals surface area contributed by atoms with Gasteiger partial charge in [0.1, 0.15) is 11.4 Å². The lowest BCUT2D eigenvalue weighted by atomic mass is 10.2. The van der Waals surface area contributed by atoms with E-state index in [-0.39, 0.29) is 12.5 Å². The summed E-state index contributed by atoms with van der Waals surface area (Å²) in [5, 5.41) is 16.9. The summed E-state index contributed by atoms with van der Waals surface area (Å²) >= 11 is 12.3. The average Bonchev–Trinajstić information content (AvgIpc) is 3.04. The van der Waals surface area contributed by atoms with Crippen molar-refractivity contribution in [1.29, 1.82) is 0 Å². The van der Waals surface area contributed by atoms with Gasteiger partial charge in [-0.05, 0) is 24.6 Å². The zero-order valence-electron chi connectivity index (χ0n) is 18.1. The van der Waals surface area contributed by atoms with Gasteiger partial charge in [-0.2, -0.15) is 5.10 Å². The van der Waals surface area contributed by atoms with Crippen LogP contribution in [0.2, 0.25) is 10.0 Å². The molecule has 0 saturated carbocycles. The van der Waals surface area contributed by atoms with Crippen molar-refractivity contribution in [1.82, 2.24) is 24.9 Å². The Morgan fingerprint density at radius 1 is 1.16 bits per heavy atom. The van der Waals surface area contributed by atoms with E-state index >= 15 is 0 Å². The molecule has 3 rings (SSSR count). The number of ether oxygens (including phenoxy) is 1. The van der Waals surface area contributed by atoms with E-state index in [1.807, 2.05) is 11.8 Å². The fourth-order valence-corrected chi connectivity index (χ4v) is 4.14. The van der Waals surface area contributed by atoms with Gasteiger partial charge in [0.05, 0.1) is 12.2 Å². The van der Waals surface area contributed by atoms with Crippen LogP contribution in [0.3, 0.4) is 0 Å². The molecule has 32 heavy (non-hydrogen) atoms. The number of hydrogen-bond donors (Lipinski definition) is 2. The summed E-state index contributed by atoms with van der Waals surface area (Å²) in [6.45, 7) is 7.45. The van der Waals surface area contributed by atoms with E-state index in [1.54, 1.807) is 29.8 Å². The molecule has 0 unspecified atom stereocenters. The highest BCUT2D eigenvalue weighted by Crippen LogP contribution is 2.34. The fraction of sp³-hybridized carbons (Fsp3) is 0.476. The van der Waals surface area contributed by atoms with E-state index in [0.29, 0.717) is 54.1 Å². The first-order valence-corrected chi connectivity index (χ1v) is 11.2. The van der Waals surface area contributed by atoms with E-state index in [0.717, 1.165) is 24.5 Å². The maximum Gasteiger partial charge on any atom is 0.404 e. The number of carbonyl (C=O) groups is 2. The Morgan fingerprint density at radius 3 is 2.38 bits per heavy atom. The van der Waals surface area contributed by atoms with E-state index in [2.05, 4.69) is 15.3 Å². The number of hydrogen-bond acceptors (Lipinski definition) is 5. The van der Waals surface area contributed by atoms with Crippen LogP contribution in [-0.4, -0.2) is 69.4 Å². The first-order valence-electron chi connectivity index (χ1n) is 10.4. The lowest BCUT2D eigenvalue weighted by Crippen LogP contribution is -2.47. The number of aromatic nitrogens is 2. The third kappa shape index (κ3) is 6.27. The molecule has 1 aliphatic rings. The molecule has 2 amide bonds. The number of aryl methyl sites for hydroxylation is 1. The molecular formula is C21H27Cl2N5O4. The van der Waals surface area contributed by atoms with Gasteiger partial charge in [-0.25, -0.2) is 4.79 Å². The molecule has 1 aromatic carbocycles. The number of halogens is 2. The van der Waals surface area contributed by atoms with Gasteiger partial charge in [0.15, 0.2) is 5.75 Å². The molecule has 1 aromatic heterocycles. The van der Waals surface area contributed by atoms with E-state index in [4.69, 9.17) is 33.0 Å². The zero-order valence-corrected chi connectivity index (χ0v) is 19.6. The van der Waals surface area contributed by atoms with E-state index in [9.17, 15) is 9.59 Å². The van der Waals surface area contributed by atoms with Crippen molar-refractivity contribution in [2.24, 2.45) is 0 Å². The summed E-state index contributed by atoms with van der Waals surface area (Å²) in [5.41, 5.74) is 1.59. The molecule has 1 saturated heterocycles. The summed E-state index contributed by atoms with van der Waals surface area (Å²) in [5.74, 6) is 1.20. The smallest absolute Gasteiger partial charge is 0.404 e. The quantitative estimate of drug-likeness (QED) is 0.595. The SMILES string of the molecule is CCc1nn(CCNC(=O)O)c(CN2CCN(C(C)=O)CC2)c1Oc1cc(Cl)cc(Cl)c1. The van der Waals surface area contributed by atoms with Crippen molar-refractivity contribution in [3.05, 3.63) is 39.6 Å². The van der Waals surface area contributed by atoms with Gasteiger partial charge < -0.3 is 20.1 Å². The Morgan fingerprint density at radius 2 is 1.81 bits per heavy atom. The lowest BCUT2D eigenvalue weighted by molar-refractivity contribution is -0.130. The van der Waals surface area contributed by atoms with Gasteiger partial charge in [0.2, 0.25) is 5.91 Å². The van der Waals surface area contributed by atoms with Gasteiger partial charge in [-0.1, -0.05) is 30.1 Å². The van der Waals surface area contributed by atoms with Crippen molar-refractivity contribution in [3.63, 3.8) is 0 Å². The van der Waals surface area contributed by atoms with Crippen molar-refractivity contribution in [2.75, 3.05) is 32.7 Å². The lowest BCUT2D eigenvalue weighted by Gasteiger charge is -2.34. The van der Waals surface area contributed by atoms with Crippen LogP contribution in [0, 0.1) is 0 Å². The van der Waals surface area contributed by atoms with Crippen LogP contribution in [0.1, 0.15) is 25.2 Å². The predicted molar refractivity (Wildman–Crippen MR) is 122 cm³/mol. The minimum absolute atomic E-state index is 0.0737. The van der Waals surface area contributed by atoms with Crippen LogP contribution in [0.5, 0.6) is 11.5 Å². The molecule has 1 aliphatic heterocycles. The van der Waals surface area contributed by atoms with E-state index < -0.39 is 6.09 Å². The number of nitrogens with zero attached hydrogens (tertiary/aromatic N) is 4. The molecule has 0 atom stereocenters. The Hall–Kier alpha value is -2.49. The van der Waals surface area contributed by atoms with Crippen LogP contribution < -0.4 is 10.1 Å². The first-order chi connectivity index (χ1) is 15.3. The normalized spacial score (nSPS) is 14.4. The van der Waals surface area contributed by atoms with Crippen LogP contribution in [0.4, 0.5) is 4.79 Å². The van der Waals surface area contributed by atoms with Crippen LogP contribution >= 0.6 is 23.2 Å². The van der Waals surface area contributed by atoms with Crippen molar-refractivity contribution >= 4 is 35.2 Å². The summed E-state index contributed by atoms with van der Waals surface area (Å²) < 4.78 is 8.01. The minimum atomic E-state index is -1.08. The molecular weight excluding hydrogens is 457 g/mol. The molecule has 1 fully saturated rings. The maximum atomic E-state index is 11.6. The summed E-state index contributed by atoms with van der Waals surface area (Å²) in [6.07, 6.45) is -0.450. The highest BCUT2D eigenvalue weighted by molar-refractivity contribution is 6.34. The summed E-state index contributed by atoms with van der Waals surface area (Å²) in [6, 6.07) is 5.00. The number of amides is 2. The molecule has 0 spiro atoms. The standard InChI is InChI=1S/C21H27Cl2N5O4/c1-3-18-20(32-17-11-15(22)10-16(23)12-17)19(28(25-18)5-4-24-21(30)31)13-26-6-8-27(9-7-26)14(2)29/h10-12,24H,3-9,13H2,1-2H3,(H,30,31). The summed E-state index contributed by atoms with van der Waals surface area (Å²) in [4.78, 5) is 26.6. The molecule has 2 heterocycles. The maximum absolute atomic E-state index is 11.6. The first kappa shape index (κ1) is 24.2. The number of carboxylic acid groups (broad SMARTS) is 1. The van der Waals surface area contributed by atoms with Crippen molar-refractivity contribution in [3.8, 4) is 11.5 Å². The van der Waals surface area contributed by atoms with Gasteiger partial charge in [0, 0.05) is 56.2 Å². The molecule has 2 aromatic rings. The van der Waals surface area contributed by atoms with Crippen molar-refractivity contribution in [2.45, 2.75) is 33.4 Å². The van der Waals surface area contributed by atoms with Gasteiger partial charge >= 0.3 is 6.09 Å². The zero-order chi connectivity index (χ0) is 23.3. The molecule has 174 valence electrons. The molecule has 0 aliphatic carbocycles. The average molecular weight is 484 g/mol. The number of nitrogens with one attached hydrogen (secondary N) is 1. The second kappa shape index (κ2) is 10.9. The highest BCUT2D eigenvalue weighted by atomic mass is 35.5. The second-order valence-electron chi connectivity index (χ2n) is 7.52. The topological polar surface area (TPSA) is 99.9 Å². The molecule has 9 nitrogen and oxygen atoms in total. The van der Waals surface area contributed by atoms with Gasteiger partial charge in [0.25, 0.3) is 0 Å². The second-order valence-corrected chi connectivity index (χ2v) is 8.39. The Kier molecular flexibility index (Phi) is 8.22. The van der Waals surface area contributed by atoms with Crippen LogP contribution in [-0.2, 0) is 24.3 Å². The third-order valence-corrected chi connectivity index (χ3v) is 5.70. The monoisotopic (exact) mass is 483 g/mol. The largest absolute Gasteiger partial charge is 0.465 e. The van der Waals surface area contributed by atoms with Gasteiger partial charge in [-0.3, -0.25) is 14.4 Å². The number of piperazine rings is 1. The summed E-state index contributed by atoms with van der Waals surface area (Å²) in [7, 11) is 0. The van der Waals surface area contributed by atoms with Gasteiger partial charge in [-0.15, -0.1) is 0 Å². The minimum Gasteiger partial charge on any atom is -0.465 e. The number of benzene rings is 1. The number of carbonyl (C=O) groups excluding carboxylic acids is 1. The highest BCUT2D eigenvalue weighted by Gasteiger charge is 2.25. The van der Waals surface area contributed by atoms with Crippen LogP contribution in [0.25, 0.3) is 0 Å². The van der Waals surface area contributed by atoms with Crippen LogP contribution in [0.15, 0.2) is 18.2 Å². The van der Waals surface area contributed by atoms with Crippen molar-refractivity contribution < 1.29 is 19.4 Å². The molecule has 11 heteroatoms. The Labute approximate surface area is 196 Å². The molecule has 0 radical (unpaired) electrons. The Bertz CT molecular complexity index is 953.